The highest BCUT2D eigenvalue weighted by molar-refractivity contribution is 5.92. The molecule has 1 aromatic carbocycles. The summed E-state index contributed by atoms with van der Waals surface area (Å²) in [4.78, 5) is 36.6. The molecule has 7 nitrogen and oxygen atoms in total. The molecule has 0 radical (unpaired) electrons. The summed E-state index contributed by atoms with van der Waals surface area (Å²) in [5.74, 6) is 0.00862. The monoisotopic (exact) mass is 392 g/mol. The number of amides is 2. The number of hydrogen-bond donors (Lipinski definition) is 2. The smallest absolute Gasteiger partial charge is 0.328 e. The lowest BCUT2D eigenvalue weighted by Crippen LogP contribution is -2.43. The lowest BCUT2D eigenvalue weighted by molar-refractivity contribution is -0.145. The molecule has 0 fully saturated rings. The minimum Gasteiger partial charge on any atom is -0.497 e. The third-order valence-electron chi connectivity index (χ3n) is 4.18. The van der Waals surface area contributed by atoms with Gasteiger partial charge in [0.15, 0.2) is 0 Å². The molecule has 0 heterocycles. The number of methoxy groups -OCH3 is 2. The summed E-state index contributed by atoms with van der Waals surface area (Å²) in [7, 11) is 2.88. The molecule has 1 aromatic rings. The van der Waals surface area contributed by atoms with E-state index in [2.05, 4.69) is 10.6 Å². The van der Waals surface area contributed by atoms with Crippen molar-refractivity contribution in [1.29, 1.82) is 0 Å². The molecule has 2 amide bonds. The first-order chi connectivity index (χ1) is 13.1. The van der Waals surface area contributed by atoms with E-state index in [0.29, 0.717) is 17.9 Å². The highest BCUT2D eigenvalue weighted by atomic mass is 16.5. The van der Waals surface area contributed by atoms with Gasteiger partial charge >= 0.3 is 5.97 Å². The fraction of sp³-hybridized carbons (Fsp3) is 0.571. The van der Waals surface area contributed by atoms with Gasteiger partial charge in [-0.15, -0.1) is 0 Å². The number of carbonyl (C=O) groups excluding carboxylic acids is 3. The molecule has 0 aromatic heterocycles. The summed E-state index contributed by atoms with van der Waals surface area (Å²) < 4.78 is 9.85. The number of hydrogen-bond acceptors (Lipinski definition) is 5. The van der Waals surface area contributed by atoms with Crippen LogP contribution in [0.15, 0.2) is 24.3 Å². The van der Waals surface area contributed by atoms with Gasteiger partial charge in [0.2, 0.25) is 11.8 Å². The normalized spacial score (nSPS) is 12.2. The van der Waals surface area contributed by atoms with Crippen molar-refractivity contribution in [3.63, 3.8) is 0 Å². The summed E-state index contributed by atoms with van der Waals surface area (Å²) in [5, 5.41) is 5.55. The maximum Gasteiger partial charge on any atom is 0.328 e. The second kappa shape index (κ2) is 10.7. The number of carbonyl (C=O) groups is 3. The van der Waals surface area contributed by atoms with Crippen molar-refractivity contribution < 1.29 is 23.9 Å². The summed E-state index contributed by atoms with van der Waals surface area (Å²) in [6.45, 7) is 7.62. The zero-order valence-electron chi connectivity index (χ0n) is 17.6. The van der Waals surface area contributed by atoms with Crippen LogP contribution in [0.4, 0.5) is 5.69 Å². The Morgan fingerprint density at radius 1 is 1.00 bits per heavy atom. The lowest BCUT2D eigenvalue weighted by Gasteiger charge is -2.25. The molecule has 0 saturated carbocycles. The molecule has 0 aliphatic heterocycles. The molecule has 0 saturated heterocycles. The van der Waals surface area contributed by atoms with E-state index < -0.39 is 17.4 Å². The van der Waals surface area contributed by atoms with Crippen LogP contribution in [0.2, 0.25) is 0 Å². The molecule has 7 heteroatoms. The second-order valence-electron chi connectivity index (χ2n) is 8.07. The van der Waals surface area contributed by atoms with Gasteiger partial charge in [0.1, 0.15) is 11.8 Å². The van der Waals surface area contributed by atoms with Crippen LogP contribution in [0.3, 0.4) is 0 Å². The first kappa shape index (κ1) is 23.5. The third kappa shape index (κ3) is 8.41. The van der Waals surface area contributed by atoms with Crippen molar-refractivity contribution in [1.82, 2.24) is 5.32 Å². The molecule has 1 rings (SSSR count). The van der Waals surface area contributed by atoms with Crippen molar-refractivity contribution in [2.75, 3.05) is 19.5 Å². The summed E-state index contributed by atoms with van der Waals surface area (Å²) in [5.41, 5.74) is 0.0906. The van der Waals surface area contributed by atoms with E-state index in [0.717, 1.165) is 0 Å². The number of rotatable bonds is 10. The maximum absolute atomic E-state index is 12.4. The van der Waals surface area contributed by atoms with Crippen molar-refractivity contribution in [3.05, 3.63) is 24.3 Å². The summed E-state index contributed by atoms with van der Waals surface area (Å²) in [6, 6.07) is 6.35. The topological polar surface area (TPSA) is 93.7 Å². The highest BCUT2D eigenvalue weighted by Crippen LogP contribution is 2.26. The Kier molecular flexibility index (Phi) is 8.96. The average molecular weight is 392 g/mol. The number of benzene rings is 1. The predicted octanol–water partition coefficient (Wildman–Crippen LogP) is 3.14. The fourth-order valence-corrected chi connectivity index (χ4v) is 2.88. The molecule has 2 N–H and O–H groups in total. The Balaban J connectivity index is 2.61. The Morgan fingerprint density at radius 3 is 2.07 bits per heavy atom. The van der Waals surface area contributed by atoms with Crippen molar-refractivity contribution in [2.45, 2.75) is 53.0 Å². The van der Waals surface area contributed by atoms with Crippen molar-refractivity contribution >= 4 is 23.5 Å². The van der Waals surface area contributed by atoms with Gasteiger partial charge in [-0.2, -0.15) is 0 Å². The van der Waals surface area contributed by atoms with Gasteiger partial charge in [0.05, 0.1) is 14.2 Å². The molecule has 156 valence electrons. The number of esters is 1. The minimum atomic E-state index is -0.679. The molecule has 0 spiro atoms. The van der Waals surface area contributed by atoms with Gasteiger partial charge < -0.3 is 20.1 Å². The number of nitrogens with one attached hydrogen (secondary N) is 2. The van der Waals surface area contributed by atoms with Gasteiger partial charge in [0.25, 0.3) is 0 Å². The molecule has 28 heavy (non-hydrogen) atoms. The first-order valence-corrected chi connectivity index (χ1v) is 9.37. The standard InChI is InChI=1S/C21H32N2O5/c1-14(2)11-17(20(26)28-6)23-19(25)13-21(3,4)12-18(24)22-15-7-9-16(27-5)10-8-15/h7-10,14,17H,11-13H2,1-6H3,(H,22,24)(H,23,25). The SMILES string of the molecule is COC(=O)C(CC(C)C)NC(=O)CC(C)(C)CC(=O)Nc1ccc(OC)cc1. The van der Waals surface area contributed by atoms with Gasteiger partial charge in [-0.1, -0.05) is 27.7 Å². The van der Waals surface area contributed by atoms with E-state index in [4.69, 9.17) is 9.47 Å². The van der Waals surface area contributed by atoms with Crippen LogP contribution in [-0.2, 0) is 19.1 Å². The van der Waals surface area contributed by atoms with Crippen LogP contribution >= 0.6 is 0 Å². The Hall–Kier alpha value is -2.57. The van der Waals surface area contributed by atoms with Crippen molar-refractivity contribution in [2.24, 2.45) is 11.3 Å². The molecular weight excluding hydrogens is 360 g/mol. The van der Waals surface area contributed by atoms with Crippen LogP contribution in [-0.4, -0.2) is 38.0 Å². The molecule has 1 unspecified atom stereocenters. The van der Waals surface area contributed by atoms with E-state index >= 15 is 0 Å². The fourth-order valence-electron chi connectivity index (χ4n) is 2.88. The first-order valence-electron chi connectivity index (χ1n) is 9.37. The minimum absolute atomic E-state index is 0.120. The van der Waals surface area contributed by atoms with Gasteiger partial charge in [-0.25, -0.2) is 4.79 Å². The van der Waals surface area contributed by atoms with Gasteiger partial charge in [-0.3, -0.25) is 9.59 Å². The molecular formula is C21H32N2O5. The zero-order chi connectivity index (χ0) is 21.3. The van der Waals surface area contributed by atoms with Crippen LogP contribution in [0.1, 0.15) is 47.0 Å². The van der Waals surface area contributed by atoms with Gasteiger partial charge in [-0.05, 0) is 42.0 Å². The predicted molar refractivity (Wildman–Crippen MR) is 108 cm³/mol. The molecule has 0 bridgehead atoms. The van der Waals surface area contributed by atoms with E-state index in [9.17, 15) is 14.4 Å². The molecule has 1 atom stereocenters. The van der Waals surface area contributed by atoms with Crippen molar-refractivity contribution in [3.8, 4) is 5.75 Å². The van der Waals surface area contributed by atoms with Crippen LogP contribution in [0, 0.1) is 11.3 Å². The highest BCUT2D eigenvalue weighted by Gasteiger charge is 2.29. The largest absolute Gasteiger partial charge is 0.497 e. The van der Waals surface area contributed by atoms with E-state index in [1.54, 1.807) is 31.4 Å². The number of anilines is 1. The Morgan fingerprint density at radius 2 is 1.57 bits per heavy atom. The lowest BCUT2D eigenvalue weighted by atomic mass is 9.84. The molecule has 0 aliphatic carbocycles. The quantitative estimate of drug-likeness (QED) is 0.597. The van der Waals surface area contributed by atoms with Crippen LogP contribution in [0.25, 0.3) is 0 Å². The summed E-state index contributed by atoms with van der Waals surface area (Å²) in [6.07, 6.45) is 0.783. The van der Waals surface area contributed by atoms with E-state index in [1.807, 2.05) is 27.7 Å². The zero-order valence-corrected chi connectivity index (χ0v) is 17.6. The third-order valence-corrected chi connectivity index (χ3v) is 4.18. The van der Waals surface area contributed by atoms with Gasteiger partial charge in [0, 0.05) is 18.5 Å². The Labute approximate surface area is 167 Å². The Bertz CT molecular complexity index is 668. The van der Waals surface area contributed by atoms with Crippen LogP contribution in [0.5, 0.6) is 5.75 Å². The number of ether oxygens (including phenoxy) is 2. The van der Waals surface area contributed by atoms with Crippen LogP contribution < -0.4 is 15.4 Å². The maximum atomic E-state index is 12.4. The van der Waals surface area contributed by atoms with E-state index in [1.165, 1.54) is 7.11 Å². The molecule has 0 aliphatic rings. The average Bonchev–Trinajstić information content (AvgIpc) is 2.59. The summed E-state index contributed by atoms with van der Waals surface area (Å²) >= 11 is 0. The second-order valence-corrected chi connectivity index (χ2v) is 8.07. The van der Waals surface area contributed by atoms with E-state index in [-0.39, 0.29) is 30.6 Å².